The van der Waals surface area contributed by atoms with Gasteiger partial charge in [-0.05, 0) is 24.1 Å². The van der Waals surface area contributed by atoms with Crippen LogP contribution in [0.5, 0.6) is 0 Å². The van der Waals surface area contributed by atoms with E-state index in [4.69, 9.17) is 5.73 Å². The second-order valence-electron chi connectivity index (χ2n) is 5.10. The summed E-state index contributed by atoms with van der Waals surface area (Å²) in [6, 6.07) is 13.1. The van der Waals surface area contributed by atoms with Crippen molar-refractivity contribution in [1.82, 2.24) is 9.55 Å². The number of nitrogens with zero attached hydrogens (tertiary/aromatic N) is 2. The van der Waals surface area contributed by atoms with Crippen molar-refractivity contribution in [2.45, 2.75) is 26.4 Å². The predicted octanol–water partition coefficient (Wildman–Crippen LogP) is 3.71. The number of hydrogen-bond donors (Lipinski definition) is 1. The number of imidazole rings is 1. The first-order chi connectivity index (χ1) is 10.2. The van der Waals surface area contributed by atoms with Gasteiger partial charge in [0.2, 0.25) is 0 Å². The van der Waals surface area contributed by atoms with E-state index in [0.717, 1.165) is 35.4 Å². The Morgan fingerprint density at radius 2 is 1.90 bits per heavy atom. The number of para-hydroxylation sites is 1. The number of hydrogen-bond acceptors (Lipinski definition) is 2. The smallest absolute Gasteiger partial charge is 0.151 e. The van der Waals surface area contributed by atoms with Gasteiger partial charge in [-0.2, -0.15) is 0 Å². The van der Waals surface area contributed by atoms with Crippen LogP contribution in [0.1, 0.15) is 18.9 Å². The summed E-state index contributed by atoms with van der Waals surface area (Å²) in [5.41, 5.74) is 8.96. The van der Waals surface area contributed by atoms with Gasteiger partial charge in [-0.1, -0.05) is 37.3 Å². The van der Waals surface area contributed by atoms with Crippen LogP contribution >= 0.6 is 0 Å². The second-order valence-corrected chi connectivity index (χ2v) is 5.10. The van der Waals surface area contributed by atoms with Gasteiger partial charge in [-0.15, -0.1) is 0 Å². The van der Waals surface area contributed by atoms with E-state index in [1.165, 1.54) is 6.07 Å². The summed E-state index contributed by atoms with van der Waals surface area (Å²) in [5.74, 6) is 0.530. The molecule has 3 aromatic rings. The van der Waals surface area contributed by atoms with E-state index in [2.05, 4.69) is 16.5 Å². The van der Waals surface area contributed by atoms with Crippen LogP contribution in [0.25, 0.3) is 22.4 Å². The van der Waals surface area contributed by atoms with Crippen LogP contribution in [0.15, 0.2) is 42.5 Å². The van der Waals surface area contributed by atoms with Crippen LogP contribution in [0, 0.1) is 5.82 Å². The molecule has 108 valence electrons. The Balaban J connectivity index is 2.20. The van der Waals surface area contributed by atoms with Crippen molar-refractivity contribution in [2.75, 3.05) is 0 Å². The van der Waals surface area contributed by atoms with Crippen molar-refractivity contribution in [2.24, 2.45) is 5.73 Å². The van der Waals surface area contributed by atoms with E-state index >= 15 is 0 Å². The average Bonchev–Trinajstić information content (AvgIpc) is 2.88. The molecular weight excluding hydrogens is 265 g/mol. The van der Waals surface area contributed by atoms with E-state index in [1.54, 1.807) is 6.07 Å². The lowest BCUT2D eigenvalue weighted by atomic mass is 10.1. The fraction of sp³-hybridized carbons (Fsp3) is 0.235. The Labute approximate surface area is 123 Å². The number of halogens is 1. The van der Waals surface area contributed by atoms with Crippen molar-refractivity contribution in [3.8, 4) is 11.4 Å². The number of fused-ring (bicyclic) bond motifs is 1. The van der Waals surface area contributed by atoms with E-state index < -0.39 is 0 Å². The van der Waals surface area contributed by atoms with Crippen molar-refractivity contribution in [3.63, 3.8) is 0 Å². The highest BCUT2D eigenvalue weighted by atomic mass is 19.1. The minimum Gasteiger partial charge on any atom is -0.326 e. The lowest BCUT2D eigenvalue weighted by Crippen LogP contribution is -2.00. The van der Waals surface area contributed by atoms with Crippen molar-refractivity contribution in [1.29, 1.82) is 0 Å². The summed E-state index contributed by atoms with van der Waals surface area (Å²) >= 11 is 0. The van der Waals surface area contributed by atoms with Crippen molar-refractivity contribution in [3.05, 3.63) is 53.8 Å². The topological polar surface area (TPSA) is 43.8 Å². The fourth-order valence-corrected chi connectivity index (χ4v) is 2.57. The summed E-state index contributed by atoms with van der Waals surface area (Å²) in [5, 5.41) is 0. The second kappa shape index (κ2) is 5.66. The first-order valence-electron chi connectivity index (χ1n) is 7.18. The van der Waals surface area contributed by atoms with Crippen LogP contribution < -0.4 is 5.73 Å². The molecule has 4 heteroatoms. The largest absolute Gasteiger partial charge is 0.326 e. The normalized spacial score (nSPS) is 11.2. The zero-order valence-corrected chi connectivity index (χ0v) is 12.0. The first-order valence-corrected chi connectivity index (χ1v) is 7.18. The maximum Gasteiger partial charge on any atom is 0.151 e. The Morgan fingerprint density at radius 1 is 1.14 bits per heavy atom. The molecule has 0 aliphatic rings. The summed E-state index contributed by atoms with van der Waals surface area (Å²) in [6.45, 7) is 3.43. The number of aromatic nitrogens is 2. The van der Waals surface area contributed by atoms with Crippen molar-refractivity contribution >= 4 is 11.0 Å². The number of benzene rings is 2. The molecule has 3 rings (SSSR count). The molecule has 0 spiro atoms. The lowest BCUT2D eigenvalue weighted by molar-refractivity contribution is 0.637. The van der Waals surface area contributed by atoms with Crippen LogP contribution in [0.3, 0.4) is 0 Å². The summed E-state index contributed by atoms with van der Waals surface area (Å²) in [4.78, 5) is 4.51. The molecule has 21 heavy (non-hydrogen) atoms. The highest BCUT2D eigenvalue weighted by Gasteiger charge is 2.14. The molecule has 0 atom stereocenters. The lowest BCUT2D eigenvalue weighted by Gasteiger charge is -2.08. The highest BCUT2D eigenvalue weighted by molar-refractivity contribution is 5.81. The Kier molecular flexibility index (Phi) is 3.71. The standard InChI is InChI=1S/C17H18FN3/c1-2-10-21-15-5-3-4-14(18)16(15)20-17(21)13-8-6-12(11-19)7-9-13/h3-9H,2,10-11,19H2,1H3. The van der Waals surface area contributed by atoms with Gasteiger partial charge < -0.3 is 10.3 Å². The maximum atomic E-state index is 14.0. The zero-order chi connectivity index (χ0) is 14.8. The SMILES string of the molecule is CCCn1c(-c2ccc(CN)cc2)nc2c(F)cccc21. The van der Waals surface area contributed by atoms with E-state index in [9.17, 15) is 4.39 Å². The minimum absolute atomic E-state index is 0.276. The number of aryl methyl sites for hydroxylation is 1. The Bertz CT molecular complexity index is 760. The van der Waals surface area contributed by atoms with Gasteiger partial charge in [-0.3, -0.25) is 0 Å². The molecule has 2 aromatic carbocycles. The van der Waals surface area contributed by atoms with Gasteiger partial charge in [0, 0.05) is 18.7 Å². The predicted molar refractivity (Wildman–Crippen MR) is 83.3 cm³/mol. The molecule has 3 nitrogen and oxygen atoms in total. The summed E-state index contributed by atoms with van der Waals surface area (Å²) in [7, 11) is 0. The summed E-state index contributed by atoms with van der Waals surface area (Å²) < 4.78 is 16.0. The molecule has 0 aliphatic heterocycles. The molecule has 1 aromatic heterocycles. The van der Waals surface area contributed by atoms with Crippen molar-refractivity contribution < 1.29 is 4.39 Å². The highest BCUT2D eigenvalue weighted by Crippen LogP contribution is 2.27. The van der Waals surface area contributed by atoms with Gasteiger partial charge in [0.25, 0.3) is 0 Å². The molecule has 1 heterocycles. The third-order valence-electron chi connectivity index (χ3n) is 3.62. The monoisotopic (exact) mass is 283 g/mol. The Hall–Kier alpha value is -2.20. The van der Waals surface area contributed by atoms with Gasteiger partial charge in [-0.25, -0.2) is 9.37 Å². The van der Waals surface area contributed by atoms with E-state index in [1.807, 2.05) is 30.3 Å². The molecular formula is C17H18FN3. The van der Waals surface area contributed by atoms with Crippen LogP contribution in [-0.4, -0.2) is 9.55 Å². The average molecular weight is 283 g/mol. The first kappa shape index (κ1) is 13.8. The molecule has 0 saturated carbocycles. The molecule has 0 saturated heterocycles. The maximum absolute atomic E-state index is 14.0. The molecule has 0 unspecified atom stereocenters. The quantitative estimate of drug-likeness (QED) is 0.793. The van der Waals surface area contributed by atoms with Crippen LogP contribution in [0.4, 0.5) is 4.39 Å². The molecule has 0 aliphatic carbocycles. The third kappa shape index (κ3) is 2.43. The molecule has 0 bridgehead atoms. The number of nitrogens with two attached hydrogens (primary N) is 1. The molecule has 0 fully saturated rings. The summed E-state index contributed by atoms with van der Waals surface area (Å²) in [6.07, 6.45) is 0.968. The minimum atomic E-state index is -0.276. The number of rotatable bonds is 4. The molecule has 0 radical (unpaired) electrons. The Morgan fingerprint density at radius 3 is 2.57 bits per heavy atom. The van der Waals surface area contributed by atoms with Gasteiger partial charge in [0.15, 0.2) is 5.82 Å². The molecule has 2 N–H and O–H groups in total. The third-order valence-corrected chi connectivity index (χ3v) is 3.62. The van der Waals surface area contributed by atoms with E-state index in [0.29, 0.717) is 12.1 Å². The zero-order valence-electron chi connectivity index (χ0n) is 12.0. The van der Waals surface area contributed by atoms with Gasteiger partial charge in [0.1, 0.15) is 11.3 Å². The van der Waals surface area contributed by atoms with Crippen LogP contribution in [0.2, 0.25) is 0 Å². The van der Waals surface area contributed by atoms with Gasteiger partial charge in [0.05, 0.1) is 5.52 Å². The fourth-order valence-electron chi connectivity index (χ4n) is 2.57. The molecule has 0 amide bonds. The van der Waals surface area contributed by atoms with Gasteiger partial charge >= 0.3 is 0 Å². The van der Waals surface area contributed by atoms with Crippen LogP contribution in [-0.2, 0) is 13.1 Å². The van der Waals surface area contributed by atoms with E-state index in [-0.39, 0.29) is 5.82 Å².